The monoisotopic (exact) mass is 409 g/mol. The van der Waals surface area contributed by atoms with E-state index in [9.17, 15) is 4.79 Å². The Morgan fingerprint density at radius 1 is 1.24 bits per heavy atom. The van der Waals surface area contributed by atoms with Gasteiger partial charge in [-0.15, -0.1) is 0 Å². The number of para-hydroxylation sites is 1. The van der Waals surface area contributed by atoms with Crippen molar-refractivity contribution >= 4 is 17.4 Å². The number of hydrogen-bond donors (Lipinski definition) is 2. The van der Waals surface area contributed by atoms with Gasteiger partial charge < -0.3 is 15.0 Å². The predicted molar refractivity (Wildman–Crippen MR) is 117 cm³/mol. The van der Waals surface area contributed by atoms with E-state index in [1.807, 2.05) is 37.3 Å². The maximum Gasteiger partial charge on any atom is 0.253 e. The summed E-state index contributed by atoms with van der Waals surface area (Å²) in [6, 6.07) is 11.8. The van der Waals surface area contributed by atoms with Crippen molar-refractivity contribution in [2.75, 3.05) is 13.7 Å². The lowest BCUT2D eigenvalue weighted by Gasteiger charge is -2.27. The fraction of sp³-hybridized carbons (Fsp3) is 0.391. The fourth-order valence-electron chi connectivity index (χ4n) is 4.26. The second-order valence-corrected chi connectivity index (χ2v) is 8.46. The van der Waals surface area contributed by atoms with Crippen molar-refractivity contribution in [2.45, 2.75) is 38.5 Å². The zero-order valence-electron chi connectivity index (χ0n) is 16.9. The minimum absolute atomic E-state index is 0.0307. The molecule has 29 heavy (non-hydrogen) atoms. The molecule has 152 valence electrons. The first-order chi connectivity index (χ1) is 14.2. The Kier molecular flexibility index (Phi) is 6.00. The van der Waals surface area contributed by atoms with Crippen molar-refractivity contribution in [3.63, 3.8) is 0 Å². The van der Waals surface area contributed by atoms with Gasteiger partial charge in [0, 0.05) is 29.1 Å². The largest absolute Gasteiger partial charge is 0.496 e. The zero-order valence-corrected chi connectivity index (χ0v) is 17.7. The van der Waals surface area contributed by atoms with E-state index in [4.69, 9.17) is 4.74 Å². The number of H-pyrrole nitrogens is 1. The molecule has 1 fully saturated rings. The first kappa shape index (κ1) is 19.7. The number of amides is 1. The molecule has 2 aromatic heterocycles. The number of hydrogen-bond acceptors (Lipinski definition) is 4. The number of aromatic nitrogens is 2. The van der Waals surface area contributed by atoms with Crippen LogP contribution in [-0.2, 0) is 0 Å². The Bertz CT molecular complexity index is 956. The Hall–Kier alpha value is -2.60. The van der Waals surface area contributed by atoms with Gasteiger partial charge in [0.15, 0.2) is 0 Å². The molecule has 6 heteroatoms. The third-order valence-corrected chi connectivity index (χ3v) is 6.42. The van der Waals surface area contributed by atoms with E-state index in [0.717, 1.165) is 54.9 Å². The van der Waals surface area contributed by atoms with Gasteiger partial charge in [-0.2, -0.15) is 4.37 Å². The van der Waals surface area contributed by atoms with E-state index in [1.54, 1.807) is 7.11 Å². The van der Waals surface area contributed by atoms with Crippen molar-refractivity contribution in [1.82, 2.24) is 14.7 Å². The van der Waals surface area contributed by atoms with Crippen LogP contribution in [0.1, 0.15) is 53.3 Å². The van der Waals surface area contributed by atoms with Crippen LogP contribution in [0.2, 0.25) is 0 Å². The molecule has 2 N–H and O–H groups in total. The molecule has 3 aromatic rings. The second kappa shape index (κ2) is 8.82. The molecular weight excluding hydrogens is 382 g/mol. The summed E-state index contributed by atoms with van der Waals surface area (Å²) < 4.78 is 9.98. The summed E-state index contributed by atoms with van der Waals surface area (Å²) in [5, 5.41) is 5.22. The summed E-state index contributed by atoms with van der Waals surface area (Å²) in [7, 11) is 1.65. The van der Waals surface area contributed by atoms with Gasteiger partial charge >= 0.3 is 0 Å². The number of benzene rings is 1. The van der Waals surface area contributed by atoms with Crippen molar-refractivity contribution in [2.24, 2.45) is 5.92 Å². The highest BCUT2D eigenvalue weighted by atomic mass is 32.1. The normalized spacial score (nSPS) is 19.1. The van der Waals surface area contributed by atoms with Gasteiger partial charge in [-0.1, -0.05) is 12.1 Å². The lowest BCUT2D eigenvalue weighted by molar-refractivity contribution is 0.0943. The van der Waals surface area contributed by atoms with Crippen molar-refractivity contribution in [3.8, 4) is 17.0 Å². The summed E-state index contributed by atoms with van der Waals surface area (Å²) >= 11 is 1.53. The molecule has 0 atom stereocenters. The third-order valence-electron chi connectivity index (χ3n) is 5.85. The molecule has 0 bridgehead atoms. The number of methoxy groups -OCH3 is 1. The number of ether oxygens (including phenoxy) is 1. The zero-order chi connectivity index (χ0) is 20.2. The van der Waals surface area contributed by atoms with E-state index in [1.165, 1.54) is 17.2 Å². The molecule has 4 rings (SSSR count). The van der Waals surface area contributed by atoms with Crippen molar-refractivity contribution in [3.05, 3.63) is 58.7 Å². The van der Waals surface area contributed by atoms with Gasteiger partial charge in [-0.05, 0) is 74.3 Å². The number of nitrogens with one attached hydrogen (secondary N) is 2. The van der Waals surface area contributed by atoms with Gasteiger partial charge in [0.05, 0.1) is 24.1 Å². The Labute approximate surface area is 175 Å². The molecule has 0 spiro atoms. The van der Waals surface area contributed by atoms with Crippen LogP contribution in [-0.4, -0.2) is 28.9 Å². The first-order valence-electron chi connectivity index (χ1n) is 10.2. The van der Waals surface area contributed by atoms with E-state index in [-0.39, 0.29) is 5.91 Å². The Balaban J connectivity index is 1.40. The van der Waals surface area contributed by atoms with Crippen LogP contribution < -0.4 is 10.1 Å². The minimum Gasteiger partial charge on any atom is -0.496 e. The van der Waals surface area contributed by atoms with Gasteiger partial charge in [-0.25, -0.2) is 0 Å². The highest BCUT2D eigenvalue weighted by Crippen LogP contribution is 2.35. The number of aromatic amines is 1. The summed E-state index contributed by atoms with van der Waals surface area (Å²) in [6.07, 6.45) is 4.57. The van der Waals surface area contributed by atoms with Crippen LogP contribution in [0.25, 0.3) is 11.3 Å². The first-order valence-corrected chi connectivity index (χ1v) is 11.0. The van der Waals surface area contributed by atoms with Gasteiger partial charge in [0.1, 0.15) is 5.75 Å². The average molecular weight is 410 g/mol. The Morgan fingerprint density at radius 2 is 2.03 bits per heavy atom. The minimum atomic E-state index is -0.0307. The highest BCUT2D eigenvalue weighted by molar-refractivity contribution is 7.03. The molecule has 2 heterocycles. The SMILES string of the molecule is COc1ccccc1-c1[nH]c(C)cc1C(=O)NCC1CCC(c2ccsn2)CC1. The van der Waals surface area contributed by atoms with Crippen LogP contribution in [0.3, 0.4) is 0 Å². The maximum atomic E-state index is 13.0. The molecule has 1 aliphatic rings. The smallest absolute Gasteiger partial charge is 0.253 e. The average Bonchev–Trinajstić information content (AvgIpc) is 3.42. The molecule has 0 unspecified atom stereocenters. The number of carbonyl (C=O) groups is 1. The molecule has 0 saturated heterocycles. The molecule has 0 radical (unpaired) electrons. The standard InChI is InChI=1S/C23H27N3O2S/c1-15-13-19(22(25-15)18-5-3-4-6-21(18)28-2)23(27)24-14-16-7-9-17(10-8-16)20-11-12-29-26-20/h3-6,11-13,16-17,25H,7-10,14H2,1-2H3,(H,24,27). The van der Waals surface area contributed by atoms with Crippen LogP contribution in [0.15, 0.2) is 41.8 Å². The maximum absolute atomic E-state index is 13.0. The highest BCUT2D eigenvalue weighted by Gasteiger charge is 2.25. The number of nitrogens with zero attached hydrogens (tertiary/aromatic N) is 1. The molecule has 0 aliphatic heterocycles. The predicted octanol–water partition coefficient (Wildman–Crippen LogP) is 5.16. The number of rotatable bonds is 6. The number of carbonyl (C=O) groups excluding carboxylic acids is 1. The Morgan fingerprint density at radius 3 is 2.76 bits per heavy atom. The summed E-state index contributed by atoms with van der Waals surface area (Å²) in [5.41, 5.74) is 4.58. The lowest BCUT2D eigenvalue weighted by Crippen LogP contribution is -2.31. The van der Waals surface area contributed by atoms with Crippen molar-refractivity contribution in [1.29, 1.82) is 0 Å². The molecule has 5 nitrogen and oxygen atoms in total. The van der Waals surface area contributed by atoms with Crippen LogP contribution in [0.4, 0.5) is 0 Å². The fourth-order valence-corrected chi connectivity index (χ4v) is 4.85. The van der Waals surface area contributed by atoms with E-state index in [2.05, 4.69) is 26.1 Å². The van der Waals surface area contributed by atoms with Crippen LogP contribution in [0, 0.1) is 12.8 Å². The second-order valence-electron chi connectivity index (χ2n) is 7.79. The molecular formula is C23H27N3O2S. The molecule has 1 aliphatic carbocycles. The molecule has 1 aromatic carbocycles. The van der Waals surface area contributed by atoms with Crippen LogP contribution in [0.5, 0.6) is 5.75 Å². The number of aryl methyl sites for hydroxylation is 1. The van der Waals surface area contributed by atoms with Gasteiger partial charge in [0.2, 0.25) is 0 Å². The molecule has 1 amide bonds. The third kappa shape index (κ3) is 4.37. The van der Waals surface area contributed by atoms with Crippen molar-refractivity contribution < 1.29 is 9.53 Å². The van der Waals surface area contributed by atoms with E-state index < -0.39 is 0 Å². The summed E-state index contributed by atoms with van der Waals surface area (Å²) in [5.74, 6) is 1.84. The summed E-state index contributed by atoms with van der Waals surface area (Å²) in [4.78, 5) is 16.3. The van der Waals surface area contributed by atoms with Crippen LogP contribution >= 0.6 is 11.5 Å². The summed E-state index contributed by atoms with van der Waals surface area (Å²) in [6.45, 7) is 2.69. The topological polar surface area (TPSA) is 67.0 Å². The van der Waals surface area contributed by atoms with Gasteiger partial charge in [-0.3, -0.25) is 4.79 Å². The van der Waals surface area contributed by atoms with E-state index in [0.29, 0.717) is 17.4 Å². The lowest BCUT2D eigenvalue weighted by atomic mass is 9.80. The molecule has 1 saturated carbocycles. The van der Waals surface area contributed by atoms with E-state index >= 15 is 0 Å². The van der Waals surface area contributed by atoms with Gasteiger partial charge in [0.25, 0.3) is 5.91 Å². The quantitative estimate of drug-likeness (QED) is 0.591.